The van der Waals surface area contributed by atoms with Crippen LogP contribution in [0.15, 0.2) is 12.4 Å². The van der Waals surface area contributed by atoms with E-state index in [0.717, 1.165) is 38.5 Å². The fourth-order valence-electron chi connectivity index (χ4n) is 2.23. The zero-order valence-corrected chi connectivity index (χ0v) is 11.5. The summed E-state index contributed by atoms with van der Waals surface area (Å²) in [6.07, 6.45) is 4.31. The molecule has 0 bridgehead atoms. The Morgan fingerprint density at radius 1 is 1.32 bits per heavy atom. The average Bonchev–Trinajstić information content (AvgIpc) is 2.48. The van der Waals surface area contributed by atoms with E-state index < -0.39 is 5.97 Å². The molecule has 6 nitrogen and oxygen atoms in total. The van der Waals surface area contributed by atoms with Crippen LogP contribution >= 0.6 is 0 Å². The van der Waals surface area contributed by atoms with Gasteiger partial charge in [0.1, 0.15) is 5.82 Å². The van der Waals surface area contributed by atoms with Crippen molar-refractivity contribution in [1.29, 1.82) is 0 Å². The highest BCUT2D eigenvalue weighted by molar-refractivity contribution is 5.87. The first-order valence-corrected chi connectivity index (χ1v) is 6.62. The smallest absolute Gasteiger partial charge is 0.358 e. The molecule has 1 aliphatic rings. The first kappa shape index (κ1) is 13.7. The van der Waals surface area contributed by atoms with E-state index in [1.54, 1.807) is 6.20 Å². The third kappa shape index (κ3) is 3.41. The molecule has 0 atom stereocenters. The van der Waals surface area contributed by atoms with Crippen molar-refractivity contribution < 1.29 is 9.53 Å². The number of esters is 1. The van der Waals surface area contributed by atoms with Gasteiger partial charge in [-0.2, -0.15) is 0 Å². The number of anilines is 1. The molecule has 0 spiro atoms. The molecule has 1 aromatic rings. The molecule has 0 radical (unpaired) electrons. The van der Waals surface area contributed by atoms with E-state index in [4.69, 9.17) is 0 Å². The molecular formula is C13H20N4O2. The van der Waals surface area contributed by atoms with Crippen LogP contribution in [-0.2, 0) is 4.74 Å². The second kappa shape index (κ2) is 6.47. The van der Waals surface area contributed by atoms with Gasteiger partial charge < -0.3 is 9.64 Å². The van der Waals surface area contributed by atoms with Crippen molar-refractivity contribution in [3.05, 3.63) is 18.1 Å². The topological polar surface area (TPSA) is 58.6 Å². The predicted molar refractivity (Wildman–Crippen MR) is 72.3 cm³/mol. The lowest BCUT2D eigenvalue weighted by Crippen LogP contribution is -2.46. The number of hydrogen-bond donors (Lipinski definition) is 0. The van der Waals surface area contributed by atoms with Gasteiger partial charge in [0.15, 0.2) is 5.69 Å². The zero-order chi connectivity index (χ0) is 13.7. The van der Waals surface area contributed by atoms with Crippen molar-refractivity contribution in [1.82, 2.24) is 14.9 Å². The quantitative estimate of drug-likeness (QED) is 0.750. The monoisotopic (exact) mass is 264 g/mol. The molecule has 104 valence electrons. The Hall–Kier alpha value is -1.69. The van der Waals surface area contributed by atoms with E-state index in [1.807, 2.05) is 0 Å². The van der Waals surface area contributed by atoms with Crippen LogP contribution in [0.4, 0.5) is 5.82 Å². The van der Waals surface area contributed by atoms with Gasteiger partial charge in [-0.1, -0.05) is 6.92 Å². The zero-order valence-electron chi connectivity index (χ0n) is 11.5. The fraction of sp³-hybridized carbons (Fsp3) is 0.615. The summed E-state index contributed by atoms with van der Waals surface area (Å²) >= 11 is 0. The van der Waals surface area contributed by atoms with Gasteiger partial charge in [0.2, 0.25) is 0 Å². The maximum atomic E-state index is 11.4. The van der Waals surface area contributed by atoms with E-state index in [1.165, 1.54) is 19.7 Å². The normalized spacial score (nSPS) is 16.4. The van der Waals surface area contributed by atoms with Crippen LogP contribution in [0, 0.1) is 0 Å². The number of nitrogens with zero attached hydrogens (tertiary/aromatic N) is 4. The van der Waals surface area contributed by atoms with Crippen LogP contribution in [0.2, 0.25) is 0 Å². The minimum Gasteiger partial charge on any atom is -0.464 e. The molecule has 1 aliphatic heterocycles. The highest BCUT2D eigenvalue weighted by atomic mass is 16.5. The summed E-state index contributed by atoms with van der Waals surface area (Å²) in [5, 5.41) is 0. The predicted octanol–water partition coefficient (Wildman–Crippen LogP) is 0.795. The summed E-state index contributed by atoms with van der Waals surface area (Å²) in [5.41, 5.74) is 0.260. The van der Waals surface area contributed by atoms with Crippen molar-refractivity contribution in [2.24, 2.45) is 0 Å². The Kier molecular flexibility index (Phi) is 4.68. The van der Waals surface area contributed by atoms with Crippen molar-refractivity contribution in [2.75, 3.05) is 44.7 Å². The Morgan fingerprint density at radius 3 is 2.68 bits per heavy atom. The van der Waals surface area contributed by atoms with Crippen LogP contribution in [0.3, 0.4) is 0 Å². The summed E-state index contributed by atoms with van der Waals surface area (Å²) in [4.78, 5) is 24.4. The number of methoxy groups -OCH3 is 1. The first-order valence-electron chi connectivity index (χ1n) is 6.62. The summed E-state index contributed by atoms with van der Waals surface area (Å²) in [6, 6.07) is 0. The van der Waals surface area contributed by atoms with Crippen molar-refractivity contribution in [3.63, 3.8) is 0 Å². The maximum absolute atomic E-state index is 11.4. The number of ether oxygens (including phenoxy) is 1. The molecular weight excluding hydrogens is 244 g/mol. The Labute approximate surface area is 113 Å². The van der Waals surface area contributed by atoms with Crippen LogP contribution in [0.5, 0.6) is 0 Å². The average molecular weight is 264 g/mol. The summed E-state index contributed by atoms with van der Waals surface area (Å²) in [5.74, 6) is 0.304. The van der Waals surface area contributed by atoms with Gasteiger partial charge in [-0.15, -0.1) is 0 Å². The molecule has 0 aromatic carbocycles. The lowest BCUT2D eigenvalue weighted by atomic mass is 10.3. The summed E-state index contributed by atoms with van der Waals surface area (Å²) in [6.45, 7) is 7.22. The number of rotatable bonds is 4. The maximum Gasteiger partial charge on any atom is 0.358 e. The third-order valence-electron chi connectivity index (χ3n) is 3.25. The second-order valence-corrected chi connectivity index (χ2v) is 4.58. The molecule has 0 N–H and O–H groups in total. The standard InChI is InChI=1S/C13H20N4O2/c1-3-4-16-5-7-17(8-6-16)12-10-14-9-11(15-12)13(18)19-2/h9-10H,3-8H2,1-2H3. The lowest BCUT2D eigenvalue weighted by molar-refractivity contribution is 0.0593. The van der Waals surface area contributed by atoms with Gasteiger partial charge in [0, 0.05) is 26.2 Å². The molecule has 1 fully saturated rings. The molecule has 0 aliphatic carbocycles. The minimum atomic E-state index is -0.445. The van der Waals surface area contributed by atoms with Gasteiger partial charge in [0.05, 0.1) is 19.5 Å². The van der Waals surface area contributed by atoms with Gasteiger partial charge in [-0.25, -0.2) is 9.78 Å². The highest BCUT2D eigenvalue weighted by Crippen LogP contribution is 2.13. The van der Waals surface area contributed by atoms with E-state index in [2.05, 4.69) is 31.4 Å². The Bertz CT molecular complexity index is 430. The Morgan fingerprint density at radius 2 is 2.05 bits per heavy atom. The van der Waals surface area contributed by atoms with E-state index in [-0.39, 0.29) is 5.69 Å². The SMILES string of the molecule is CCCN1CCN(c2cncc(C(=O)OC)n2)CC1. The van der Waals surface area contributed by atoms with Gasteiger partial charge >= 0.3 is 5.97 Å². The molecule has 0 unspecified atom stereocenters. The van der Waals surface area contributed by atoms with Crippen LogP contribution in [0.25, 0.3) is 0 Å². The molecule has 0 amide bonds. The van der Waals surface area contributed by atoms with E-state index in [0.29, 0.717) is 0 Å². The summed E-state index contributed by atoms with van der Waals surface area (Å²) < 4.78 is 4.66. The highest BCUT2D eigenvalue weighted by Gasteiger charge is 2.18. The lowest BCUT2D eigenvalue weighted by Gasteiger charge is -2.35. The fourth-order valence-corrected chi connectivity index (χ4v) is 2.23. The van der Waals surface area contributed by atoms with Gasteiger partial charge in [-0.05, 0) is 13.0 Å². The van der Waals surface area contributed by atoms with Crippen LogP contribution in [0.1, 0.15) is 23.8 Å². The molecule has 2 heterocycles. The van der Waals surface area contributed by atoms with E-state index >= 15 is 0 Å². The van der Waals surface area contributed by atoms with Crippen molar-refractivity contribution in [3.8, 4) is 0 Å². The van der Waals surface area contributed by atoms with Crippen molar-refractivity contribution in [2.45, 2.75) is 13.3 Å². The molecule has 1 saturated heterocycles. The molecule has 0 saturated carbocycles. The third-order valence-corrected chi connectivity index (χ3v) is 3.25. The Balaban J connectivity index is 2.01. The first-order chi connectivity index (χ1) is 9.24. The van der Waals surface area contributed by atoms with Gasteiger partial charge in [0.25, 0.3) is 0 Å². The number of hydrogen-bond acceptors (Lipinski definition) is 6. The van der Waals surface area contributed by atoms with Gasteiger partial charge in [-0.3, -0.25) is 9.88 Å². The largest absolute Gasteiger partial charge is 0.464 e. The summed E-state index contributed by atoms with van der Waals surface area (Å²) in [7, 11) is 1.35. The van der Waals surface area contributed by atoms with Crippen LogP contribution < -0.4 is 4.90 Å². The molecule has 1 aromatic heterocycles. The van der Waals surface area contributed by atoms with E-state index in [9.17, 15) is 4.79 Å². The number of carbonyl (C=O) groups is 1. The molecule has 19 heavy (non-hydrogen) atoms. The number of piperazine rings is 1. The number of aromatic nitrogens is 2. The van der Waals surface area contributed by atoms with Crippen molar-refractivity contribution >= 4 is 11.8 Å². The molecule has 6 heteroatoms. The second-order valence-electron chi connectivity index (χ2n) is 4.58. The molecule has 2 rings (SSSR count). The van der Waals surface area contributed by atoms with Crippen LogP contribution in [-0.4, -0.2) is 60.7 Å². The number of carbonyl (C=O) groups excluding carboxylic acids is 1. The minimum absolute atomic E-state index is 0.260.